The summed E-state index contributed by atoms with van der Waals surface area (Å²) in [5.74, 6) is -1.13. The summed E-state index contributed by atoms with van der Waals surface area (Å²) in [6.07, 6.45) is 0.664. The maximum atomic E-state index is 13.4. The Morgan fingerprint density at radius 1 is 1.21 bits per heavy atom. The van der Waals surface area contributed by atoms with E-state index in [0.29, 0.717) is 18.7 Å². The van der Waals surface area contributed by atoms with Gasteiger partial charge in [0.05, 0.1) is 23.4 Å². The molecule has 8 heteroatoms. The van der Waals surface area contributed by atoms with Crippen molar-refractivity contribution in [2.45, 2.75) is 12.0 Å². The van der Waals surface area contributed by atoms with Crippen LogP contribution in [0.5, 0.6) is 0 Å². The number of ether oxygens (including phenoxy) is 1. The van der Waals surface area contributed by atoms with Gasteiger partial charge in [0.2, 0.25) is 0 Å². The van der Waals surface area contributed by atoms with Gasteiger partial charge < -0.3 is 19.6 Å². The molecule has 2 aromatic carbocycles. The van der Waals surface area contributed by atoms with Crippen LogP contribution in [0.3, 0.4) is 0 Å². The highest BCUT2D eigenvalue weighted by Gasteiger charge is 2.53. The van der Waals surface area contributed by atoms with Gasteiger partial charge in [-0.25, -0.2) is 4.79 Å². The molecule has 154 valence electrons. The van der Waals surface area contributed by atoms with Crippen LogP contribution in [0.25, 0.3) is 0 Å². The number of aliphatic hydroxyl groups is 1. The monoisotopic (exact) mass is 436 g/mol. The van der Waals surface area contributed by atoms with Crippen molar-refractivity contribution < 1.29 is 19.4 Å². The molecule has 2 aromatic rings. The van der Waals surface area contributed by atoms with Crippen LogP contribution < -0.4 is 4.90 Å². The summed E-state index contributed by atoms with van der Waals surface area (Å²) in [5, 5.41) is 12.0. The molecular formula is C21H22Cl2N2O4. The van der Waals surface area contributed by atoms with Gasteiger partial charge in [0, 0.05) is 22.7 Å². The average Bonchev–Trinajstić information content (AvgIpc) is 2.90. The first kappa shape index (κ1) is 21.6. The maximum Gasteiger partial charge on any atom is 0.337 e. The van der Waals surface area contributed by atoms with Crippen LogP contribution in [0, 0.1) is 0 Å². The SMILES string of the molecule is COC(=O)c1cc(Cl)c2c(c1)N(CCCN(C)C)C(=O)C2(O)c1ccccc1Cl. The lowest BCUT2D eigenvalue weighted by Gasteiger charge is -2.25. The first-order valence-corrected chi connectivity index (χ1v) is 9.83. The summed E-state index contributed by atoms with van der Waals surface area (Å²) >= 11 is 12.8. The van der Waals surface area contributed by atoms with Gasteiger partial charge in [-0.3, -0.25) is 4.79 Å². The molecule has 1 amide bonds. The van der Waals surface area contributed by atoms with Crippen molar-refractivity contribution in [3.63, 3.8) is 0 Å². The fraction of sp³-hybridized carbons (Fsp3) is 0.333. The Balaban J connectivity index is 2.19. The highest BCUT2D eigenvalue weighted by atomic mass is 35.5. The van der Waals surface area contributed by atoms with Crippen LogP contribution in [0.2, 0.25) is 10.0 Å². The summed E-state index contributed by atoms with van der Waals surface area (Å²) < 4.78 is 4.79. The van der Waals surface area contributed by atoms with Gasteiger partial charge in [-0.15, -0.1) is 0 Å². The third-order valence-electron chi connectivity index (χ3n) is 4.95. The largest absolute Gasteiger partial charge is 0.465 e. The van der Waals surface area contributed by atoms with Crippen LogP contribution in [-0.2, 0) is 15.1 Å². The number of benzene rings is 2. The Morgan fingerprint density at radius 3 is 2.52 bits per heavy atom. The summed E-state index contributed by atoms with van der Waals surface area (Å²) in [6, 6.07) is 9.52. The first-order chi connectivity index (χ1) is 13.7. The van der Waals surface area contributed by atoms with Gasteiger partial charge in [0.1, 0.15) is 0 Å². The molecule has 0 aliphatic carbocycles. The molecule has 1 unspecified atom stereocenters. The van der Waals surface area contributed by atoms with E-state index in [9.17, 15) is 14.7 Å². The number of carbonyl (C=O) groups excluding carboxylic acids is 2. The molecule has 1 aliphatic heterocycles. The lowest BCUT2D eigenvalue weighted by atomic mass is 9.87. The van der Waals surface area contributed by atoms with E-state index in [4.69, 9.17) is 27.9 Å². The summed E-state index contributed by atoms with van der Waals surface area (Å²) in [7, 11) is 5.14. The zero-order chi connectivity index (χ0) is 21.3. The van der Waals surface area contributed by atoms with Crippen LogP contribution in [-0.4, -0.2) is 56.2 Å². The molecule has 1 heterocycles. The van der Waals surface area contributed by atoms with Gasteiger partial charge in [-0.05, 0) is 45.3 Å². The Hall–Kier alpha value is -2.12. The molecule has 0 bridgehead atoms. The van der Waals surface area contributed by atoms with Crippen molar-refractivity contribution >= 4 is 40.8 Å². The average molecular weight is 437 g/mol. The number of esters is 1. The topological polar surface area (TPSA) is 70.1 Å². The molecule has 0 aromatic heterocycles. The molecule has 29 heavy (non-hydrogen) atoms. The minimum absolute atomic E-state index is 0.0915. The van der Waals surface area contributed by atoms with E-state index in [0.717, 1.165) is 6.54 Å². The zero-order valence-electron chi connectivity index (χ0n) is 16.4. The van der Waals surface area contributed by atoms with Crippen molar-refractivity contribution in [1.82, 2.24) is 4.90 Å². The van der Waals surface area contributed by atoms with E-state index >= 15 is 0 Å². The van der Waals surface area contributed by atoms with Crippen LogP contribution in [0.4, 0.5) is 5.69 Å². The Labute approximate surface area is 179 Å². The fourth-order valence-corrected chi connectivity index (χ4v) is 4.21. The first-order valence-electron chi connectivity index (χ1n) is 9.08. The lowest BCUT2D eigenvalue weighted by molar-refractivity contribution is -0.132. The molecule has 0 saturated carbocycles. The summed E-state index contributed by atoms with van der Waals surface area (Å²) in [4.78, 5) is 29.0. The third kappa shape index (κ3) is 3.73. The Bertz CT molecular complexity index is 964. The Morgan fingerprint density at radius 2 is 1.90 bits per heavy atom. The molecule has 3 rings (SSSR count). The lowest BCUT2D eigenvalue weighted by Crippen LogP contribution is -2.42. The number of rotatable bonds is 6. The standard InChI is InChI=1S/C21H22Cl2N2O4/c1-24(2)9-6-10-25-17-12-13(19(26)29-3)11-16(23)18(17)21(28,20(25)27)14-7-4-5-8-15(14)22/h4-5,7-8,11-12,28H,6,9-10H2,1-3H3. The van der Waals surface area contributed by atoms with Gasteiger partial charge in [-0.1, -0.05) is 41.4 Å². The minimum Gasteiger partial charge on any atom is -0.465 e. The Kier molecular flexibility index (Phi) is 6.19. The molecule has 1 N–H and O–H groups in total. The quantitative estimate of drug-likeness (QED) is 0.703. The predicted octanol–water partition coefficient (Wildman–Crippen LogP) is 3.31. The number of halogens is 2. The van der Waals surface area contributed by atoms with Crippen LogP contribution in [0.1, 0.15) is 27.9 Å². The number of hydrogen-bond acceptors (Lipinski definition) is 5. The molecule has 1 aliphatic rings. The molecule has 0 saturated heterocycles. The molecule has 0 radical (unpaired) electrons. The highest BCUT2D eigenvalue weighted by molar-refractivity contribution is 6.35. The molecular weight excluding hydrogens is 415 g/mol. The number of methoxy groups -OCH3 is 1. The van der Waals surface area contributed by atoms with Crippen LogP contribution in [0.15, 0.2) is 36.4 Å². The zero-order valence-corrected chi connectivity index (χ0v) is 17.9. The van der Waals surface area contributed by atoms with Gasteiger partial charge in [0.25, 0.3) is 5.91 Å². The smallest absolute Gasteiger partial charge is 0.337 e. The second-order valence-corrected chi connectivity index (χ2v) is 7.96. The number of anilines is 1. The normalized spacial score (nSPS) is 18.3. The van der Waals surface area contributed by atoms with Crippen molar-refractivity contribution in [1.29, 1.82) is 0 Å². The van der Waals surface area contributed by atoms with Crippen molar-refractivity contribution in [2.24, 2.45) is 0 Å². The predicted molar refractivity (Wildman–Crippen MR) is 113 cm³/mol. The number of amides is 1. The van der Waals surface area contributed by atoms with Gasteiger partial charge >= 0.3 is 5.97 Å². The minimum atomic E-state index is -2.04. The second-order valence-electron chi connectivity index (χ2n) is 7.15. The van der Waals surface area contributed by atoms with Crippen molar-refractivity contribution in [2.75, 3.05) is 39.2 Å². The summed E-state index contributed by atoms with van der Waals surface area (Å²) in [6.45, 7) is 1.09. The molecule has 1 atom stereocenters. The van der Waals surface area contributed by atoms with E-state index in [1.165, 1.54) is 24.1 Å². The van der Waals surface area contributed by atoms with E-state index in [1.54, 1.807) is 24.3 Å². The van der Waals surface area contributed by atoms with Crippen molar-refractivity contribution in [3.05, 3.63) is 63.1 Å². The molecule has 0 spiro atoms. The third-order valence-corrected chi connectivity index (χ3v) is 5.58. The highest BCUT2D eigenvalue weighted by Crippen LogP contribution is 2.49. The van der Waals surface area contributed by atoms with Crippen molar-refractivity contribution in [3.8, 4) is 0 Å². The number of nitrogens with zero attached hydrogens (tertiary/aromatic N) is 2. The van der Waals surface area contributed by atoms with Crippen LogP contribution >= 0.6 is 23.2 Å². The molecule has 0 fully saturated rings. The van der Waals surface area contributed by atoms with Gasteiger partial charge in [-0.2, -0.15) is 0 Å². The summed E-state index contributed by atoms with van der Waals surface area (Å²) in [5.41, 5.74) is -1.00. The van der Waals surface area contributed by atoms with E-state index in [1.807, 2.05) is 19.0 Å². The maximum absolute atomic E-state index is 13.4. The number of carbonyl (C=O) groups is 2. The second kappa shape index (κ2) is 8.32. The van der Waals surface area contributed by atoms with Gasteiger partial charge in [0.15, 0.2) is 5.60 Å². The number of fused-ring (bicyclic) bond motifs is 1. The fourth-order valence-electron chi connectivity index (χ4n) is 3.58. The molecule has 6 nitrogen and oxygen atoms in total. The van der Waals surface area contributed by atoms with E-state index in [-0.39, 0.29) is 26.7 Å². The van der Waals surface area contributed by atoms with E-state index < -0.39 is 17.5 Å². The van der Waals surface area contributed by atoms with E-state index in [2.05, 4.69) is 0 Å². The number of hydrogen-bond donors (Lipinski definition) is 1.